The number of rotatable bonds is 15. The van der Waals surface area contributed by atoms with Crippen LogP contribution >= 0.6 is 0 Å². The fourth-order valence-corrected chi connectivity index (χ4v) is 3.27. The molecule has 0 unspecified atom stereocenters. The average Bonchev–Trinajstić information content (AvgIpc) is 2.80. The number of ether oxygens (including phenoxy) is 1. The van der Waals surface area contributed by atoms with Gasteiger partial charge in [-0.1, -0.05) is 57.7 Å². The Kier molecular flexibility index (Phi) is 11.8. The number of unbranched alkanes of at least 4 members (excludes halogenated alkanes) is 4. The molecule has 0 aliphatic heterocycles. The van der Waals surface area contributed by atoms with Gasteiger partial charge >= 0.3 is 0 Å². The van der Waals surface area contributed by atoms with Crippen LogP contribution in [-0.4, -0.2) is 30.7 Å². The van der Waals surface area contributed by atoms with Crippen molar-refractivity contribution in [3.05, 3.63) is 59.7 Å². The van der Waals surface area contributed by atoms with E-state index in [2.05, 4.69) is 24.5 Å². The molecule has 0 fully saturated rings. The number of amides is 1. The molecule has 5 heteroatoms. The van der Waals surface area contributed by atoms with Crippen LogP contribution in [0, 0.1) is 0 Å². The van der Waals surface area contributed by atoms with Gasteiger partial charge in [0.1, 0.15) is 11.5 Å². The quantitative estimate of drug-likeness (QED) is 0.238. The highest BCUT2D eigenvalue weighted by Gasteiger charge is 2.05. The van der Waals surface area contributed by atoms with Gasteiger partial charge in [0.2, 0.25) is 5.91 Å². The number of nitrogens with one attached hydrogen (secondary N) is 2. The summed E-state index contributed by atoms with van der Waals surface area (Å²) in [5.74, 6) is 0.992. The molecule has 174 valence electrons. The first-order valence-corrected chi connectivity index (χ1v) is 11.9. The Labute approximate surface area is 192 Å². The van der Waals surface area contributed by atoms with Crippen molar-refractivity contribution >= 4 is 17.7 Å². The molecule has 0 atom stereocenters. The summed E-state index contributed by atoms with van der Waals surface area (Å²) < 4.78 is 6.00. The van der Waals surface area contributed by atoms with Crippen LogP contribution < -0.4 is 15.4 Å². The summed E-state index contributed by atoms with van der Waals surface area (Å²) in [6, 6.07) is 13.0. The Morgan fingerprint density at radius 3 is 2.47 bits per heavy atom. The summed E-state index contributed by atoms with van der Waals surface area (Å²) in [5.41, 5.74) is 3.01. The van der Waals surface area contributed by atoms with Gasteiger partial charge in [0, 0.05) is 19.2 Å². The van der Waals surface area contributed by atoms with Crippen molar-refractivity contribution in [1.29, 1.82) is 0 Å². The second-order valence-corrected chi connectivity index (χ2v) is 7.99. The van der Waals surface area contributed by atoms with Crippen molar-refractivity contribution in [3.8, 4) is 11.5 Å². The van der Waals surface area contributed by atoms with E-state index in [9.17, 15) is 9.90 Å². The van der Waals surface area contributed by atoms with Gasteiger partial charge in [0.15, 0.2) is 0 Å². The Hall–Kier alpha value is -2.95. The number of aromatic hydroxyl groups is 1. The first kappa shape index (κ1) is 25.3. The molecule has 0 radical (unpaired) electrons. The summed E-state index contributed by atoms with van der Waals surface area (Å²) in [6.45, 7) is 6.55. The van der Waals surface area contributed by atoms with E-state index in [0.717, 1.165) is 55.0 Å². The topological polar surface area (TPSA) is 70.6 Å². The van der Waals surface area contributed by atoms with E-state index in [-0.39, 0.29) is 11.7 Å². The Morgan fingerprint density at radius 1 is 0.969 bits per heavy atom. The van der Waals surface area contributed by atoms with Gasteiger partial charge in [-0.05, 0) is 60.7 Å². The number of hydrogen-bond acceptors (Lipinski definition) is 4. The lowest BCUT2D eigenvalue weighted by Gasteiger charge is -2.14. The molecule has 0 heterocycles. The van der Waals surface area contributed by atoms with Gasteiger partial charge in [0.05, 0.1) is 12.3 Å². The molecule has 2 aromatic carbocycles. The molecule has 0 aromatic heterocycles. The van der Waals surface area contributed by atoms with Gasteiger partial charge in [-0.2, -0.15) is 0 Å². The van der Waals surface area contributed by atoms with E-state index >= 15 is 0 Å². The highest BCUT2D eigenvalue weighted by atomic mass is 16.5. The molecular formula is C27H38N2O3. The van der Waals surface area contributed by atoms with Crippen LogP contribution in [0.1, 0.15) is 63.5 Å². The molecule has 0 saturated carbocycles. The van der Waals surface area contributed by atoms with Crippen molar-refractivity contribution in [3.63, 3.8) is 0 Å². The number of carbonyl (C=O) groups excluding carboxylic acids is 1. The SMILES string of the molecule is CCCCCNc1cc(C=CC(=O)NCCc2ccc(O)cc2)ccc1OCCCCC. The van der Waals surface area contributed by atoms with Crippen LogP contribution in [0.4, 0.5) is 5.69 Å². The Balaban J connectivity index is 1.90. The van der Waals surface area contributed by atoms with Gasteiger partial charge in [-0.3, -0.25) is 4.79 Å². The molecule has 0 aliphatic rings. The summed E-state index contributed by atoms with van der Waals surface area (Å²) in [6.07, 6.45) is 11.0. The van der Waals surface area contributed by atoms with E-state index in [1.165, 1.54) is 25.7 Å². The number of anilines is 1. The predicted octanol–water partition coefficient (Wildman–Crippen LogP) is 5.94. The fraction of sp³-hybridized carbons (Fsp3) is 0.444. The zero-order valence-electron chi connectivity index (χ0n) is 19.5. The van der Waals surface area contributed by atoms with Crippen LogP contribution in [0.2, 0.25) is 0 Å². The number of hydrogen-bond donors (Lipinski definition) is 3. The molecular weight excluding hydrogens is 400 g/mol. The molecule has 0 saturated heterocycles. The third-order valence-electron chi connectivity index (χ3n) is 5.18. The average molecular weight is 439 g/mol. The number of phenolic OH excluding ortho intramolecular Hbond substituents is 1. The van der Waals surface area contributed by atoms with E-state index in [0.29, 0.717) is 6.54 Å². The smallest absolute Gasteiger partial charge is 0.244 e. The van der Waals surface area contributed by atoms with Crippen molar-refractivity contribution in [2.45, 2.75) is 58.8 Å². The minimum atomic E-state index is -0.124. The normalized spacial score (nSPS) is 10.9. The van der Waals surface area contributed by atoms with Gasteiger partial charge in [0.25, 0.3) is 0 Å². The second-order valence-electron chi connectivity index (χ2n) is 7.99. The highest BCUT2D eigenvalue weighted by molar-refractivity contribution is 5.91. The lowest BCUT2D eigenvalue weighted by atomic mass is 10.1. The number of carbonyl (C=O) groups is 1. The van der Waals surface area contributed by atoms with Crippen molar-refractivity contribution in [2.24, 2.45) is 0 Å². The molecule has 2 aromatic rings. The third-order valence-corrected chi connectivity index (χ3v) is 5.18. The first-order chi connectivity index (χ1) is 15.6. The minimum Gasteiger partial charge on any atom is -0.508 e. The largest absolute Gasteiger partial charge is 0.508 e. The number of benzene rings is 2. The maximum atomic E-state index is 12.2. The van der Waals surface area contributed by atoms with Crippen LogP contribution in [0.5, 0.6) is 11.5 Å². The Bertz CT molecular complexity index is 831. The maximum Gasteiger partial charge on any atom is 0.244 e. The summed E-state index contributed by atoms with van der Waals surface area (Å²) in [5, 5.41) is 15.7. The van der Waals surface area contributed by atoms with Crippen molar-refractivity contribution in [2.75, 3.05) is 25.0 Å². The van der Waals surface area contributed by atoms with E-state index in [4.69, 9.17) is 4.74 Å². The molecule has 32 heavy (non-hydrogen) atoms. The van der Waals surface area contributed by atoms with Gasteiger partial charge < -0.3 is 20.5 Å². The monoisotopic (exact) mass is 438 g/mol. The predicted molar refractivity (Wildman–Crippen MR) is 133 cm³/mol. The number of phenols is 1. The molecule has 5 nitrogen and oxygen atoms in total. The van der Waals surface area contributed by atoms with Crippen molar-refractivity contribution in [1.82, 2.24) is 5.32 Å². The standard InChI is InChI=1S/C27H38N2O3/c1-3-5-7-18-28-25-21-23(11-15-26(25)32-20-8-6-4-2)12-16-27(31)29-19-17-22-9-13-24(30)14-10-22/h9-16,21,28,30H,3-8,17-20H2,1-2H3,(H,29,31). The third kappa shape index (κ3) is 9.90. The van der Waals surface area contributed by atoms with Crippen molar-refractivity contribution < 1.29 is 14.6 Å². The summed E-state index contributed by atoms with van der Waals surface area (Å²) in [7, 11) is 0. The van der Waals surface area contributed by atoms with E-state index < -0.39 is 0 Å². The van der Waals surface area contributed by atoms with Crippen LogP contribution in [0.15, 0.2) is 48.5 Å². The minimum absolute atomic E-state index is 0.124. The van der Waals surface area contributed by atoms with Crippen LogP contribution in [-0.2, 0) is 11.2 Å². The highest BCUT2D eigenvalue weighted by Crippen LogP contribution is 2.27. The van der Waals surface area contributed by atoms with Crippen LogP contribution in [0.25, 0.3) is 6.08 Å². The first-order valence-electron chi connectivity index (χ1n) is 11.9. The fourth-order valence-electron chi connectivity index (χ4n) is 3.27. The zero-order chi connectivity index (χ0) is 23.0. The van der Waals surface area contributed by atoms with E-state index in [1.54, 1.807) is 18.2 Å². The molecule has 2 rings (SSSR count). The molecule has 1 amide bonds. The molecule has 3 N–H and O–H groups in total. The Morgan fingerprint density at radius 2 is 1.72 bits per heavy atom. The molecule has 0 spiro atoms. The van der Waals surface area contributed by atoms with Crippen LogP contribution in [0.3, 0.4) is 0 Å². The lowest BCUT2D eigenvalue weighted by Crippen LogP contribution is -2.23. The second kappa shape index (κ2) is 15.0. The van der Waals surface area contributed by atoms with Gasteiger partial charge in [-0.15, -0.1) is 0 Å². The lowest BCUT2D eigenvalue weighted by molar-refractivity contribution is -0.116. The molecule has 0 aliphatic carbocycles. The van der Waals surface area contributed by atoms with E-state index in [1.807, 2.05) is 36.4 Å². The zero-order valence-corrected chi connectivity index (χ0v) is 19.5. The maximum absolute atomic E-state index is 12.2. The summed E-state index contributed by atoms with van der Waals surface area (Å²) >= 11 is 0. The molecule has 0 bridgehead atoms. The van der Waals surface area contributed by atoms with Gasteiger partial charge in [-0.25, -0.2) is 0 Å². The summed E-state index contributed by atoms with van der Waals surface area (Å²) in [4.78, 5) is 12.2.